The van der Waals surface area contributed by atoms with Gasteiger partial charge in [0.25, 0.3) is 12.4 Å². The molecule has 1 unspecified atom stereocenters. The fourth-order valence-corrected chi connectivity index (χ4v) is 3.66. The van der Waals surface area contributed by atoms with Crippen LogP contribution >= 0.6 is 0 Å². The molecule has 154 valence electrons. The molecule has 2 saturated heterocycles. The minimum atomic E-state index is -0.454. The van der Waals surface area contributed by atoms with Crippen LogP contribution in [0.2, 0.25) is 0 Å². The van der Waals surface area contributed by atoms with Gasteiger partial charge < -0.3 is 24.4 Å². The van der Waals surface area contributed by atoms with Crippen LogP contribution in [0.5, 0.6) is 5.88 Å². The summed E-state index contributed by atoms with van der Waals surface area (Å²) in [6.45, 7) is 1.48. The van der Waals surface area contributed by atoms with E-state index in [1.54, 1.807) is 4.90 Å². The average Bonchev–Trinajstić information content (AvgIpc) is 2.96. The molecular formula is C18H26N4O6. The zero-order valence-electron chi connectivity index (χ0n) is 16.3. The smallest absolute Gasteiger partial charge is 0.312 e. The van der Waals surface area contributed by atoms with Crippen molar-refractivity contribution in [3.05, 3.63) is 18.1 Å². The van der Waals surface area contributed by atoms with E-state index in [1.807, 2.05) is 19.0 Å². The molecule has 1 atom stereocenters. The maximum atomic E-state index is 12.7. The average molecular weight is 394 g/mol. The minimum Gasteiger partial charge on any atom is -0.483 e. The van der Waals surface area contributed by atoms with Gasteiger partial charge in [-0.3, -0.25) is 14.4 Å². The van der Waals surface area contributed by atoms with Gasteiger partial charge in [0.15, 0.2) is 5.69 Å². The lowest BCUT2D eigenvalue weighted by Crippen LogP contribution is -2.45. The molecule has 1 aromatic heterocycles. The quantitative estimate of drug-likeness (QED) is 0.567. The number of piperidine rings is 1. The first-order valence-electron chi connectivity index (χ1n) is 8.95. The molecule has 0 aromatic carbocycles. The lowest BCUT2D eigenvalue weighted by molar-refractivity contribution is -0.150. The third kappa shape index (κ3) is 4.75. The second kappa shape index (κ2) is 9.45. The van der Waals surface area contributed by atoms with E-state index in [4.69, 9.17) is 19.4 Å². The third-order valence-corrected chi connectivity index (χ3v) is 4.96. The summed E-state index contributed by atoms with van der Waals surface area (Å²) in [7, 11) is 5.40. The van der Waals surface area contributed by atoms with Crippen molar-refractivity contribution >= 4 is 18.3 Å². The van der Waals surface area contributed by atoms with Crippen molar-refractivity contribution in [1.82, 2.24) is 19.8 Å². The number of aromatic nitrogens is 2. The van der Waals surface area contributed by atoms with Crippen LogP contribution in [0.4, 0.5) is 0 Å². The number of carbonyl (C=O) groups is 3. The van der Waals surface area contributed by atoms with E-state index in [9.17, 15) is 9.59 Å². The van der Waals surface area contributed by atoms with Gasteiger partial charge in [-0.1, -0.05) is 0 Å². The first-order valence-corrected chi connectivity index (χ1v) is 8.95. The largest absolute Gasteiger partial charge is 0.483 e. The summed E-state index contributed by atoms with van der Waals surface area (Å²) in [4.78, 5) is 45.3. The normalized spacial score (nSPS) is 20.4. The number of carbonyl (C=O) groups excluding carboxylic acids is 2. The Hall–Kier alpha value is -2.75. The second-order valence-electron chi connectivity index (χ2n) is 7.09. The van der Waals surface area contributed by atoms with E-state index in [-0.39, 0.29) is 36.0 Å². The van der Waals surface area contributed by atoms with E-state index in [0.717, 1.165) is 13.0 Å². The molecule has 3 rings (SSSR count). The molecule has 2 aliphatic rings. The SMILES string of the molecule is COc1nccnc1C(=O)N1CCC2(CC1)CC(CN(C)C)OC2=O.O=CO. The monoisotopic (exact) mass is 394 g/mol. The van der Waals surface area contributed by atoms with Crippen LogP contribution in [-0.4, -0.2) is 90.2 Å². The van der Waals surface area contributed by atoms with Gasteiger partial charge in [-0.15, -0.1) is 0 Å². The van der Waals surface area contributed by atoms with Crippen molar-refractivity contribution in [2.45, 2.75) is 25.4 Å². The number of methoxy groups -OCH3 is 1. The van der Waals surface area contributed by atoms with Crippen LogP contribution in [0.3, 0.4) is 0 Å². The highest BCUT2D eigenvalue weighted by atomic mass is 16.6. The molecule has 10 heteroatoms. The zero-order chi connectivity index (χ0) is 20.7. The Kier molecular flexibility index (Phi) is 7.27. The highest BCUT2D eigenvalue weighted by molar-refractivity contribution is 5.94. The van der Waals surface area contributed by atoms with Crippen molar-refractivity contribution < 1.29 is 29.0 Å². The topological polar surface area (TPSA) is 122 Å². The van der Waals surface area contributed by atoms with Gasteiger partial charge >= 0.3 is 5.97 Å². The lowest BCUT2D eigenvalue weighted by atomic mass is 9.76. The number of carboxylic acid groups (broad SMARTS) is 1. The summed E-state index contributed by atoms with van der Waals surface area (Å²) in [6, 6.07) is 0. The molecule has 0 radical (unpaired) electrons. The van der Waals surface area contributed by atoms with E-state index >= 15 is 0 Å². The fourth-order valence-electron chi connectivity index (χ4n) is 3.66. The fraction of sp³-hybridized carbons (Fsp3) is 0.611. The Balaban J connectivity index is 0.000000878. The number of rotatable bonds is 4. The Bertz CT molecular complexity index is 703. The minimum absolute atomic E-state index is 0.0650. The molecule has 0 bridgehead atoms. The Morgan fingerprint density at radius 1 is 1.39 bits per heavy atom. The molecule has 1 spiro atoms. The van der Waals surface area contributed by atoms with Crippen LogP contribution in [-0.2, 0) is 14.3 Å². The van der Waals surface area contributed by atoms with E-state index in [1.165, 1.54) is 19.5 Å². The lowest BCUT2D eigenvalue weighted by Gasteiger charge is -2.36. The van der Waals surface area contributed by atoms with Crippen molar-refractivity contribution in [2.24, 2.45) is 5.41 Å². The summed E-state index contributed by atoms with van der Waals surface area (Å²) in [5.41, 5.74) is -0.246. The van der Waals surface area contributed by atoms with Gasteiger partial charge in [-0.25, -0.2) is 9.97 Å². The molecule has 3 heterocycles. The van der Waals surface area contributed by atoms with E-state index in [2.05, 4.69) is 9.97 Å². The Morgan fingerprint density at radius 2 is 2.00 bits per heavy atom. The maximum Gasteiger partial charge on any atom is 0.312 e. The number of hydrogen-bond donors (Lipinski definition) is 1. The maximum absolute atomic E-state index is 12.7. The predicted octanol–water partition coefficient (Wildman–Crippen LogP) is 0.286. The molecule has 10 nitrogen and oxygen atoms in total. The molecule has 2 aliphatic heterocycles. The summed E-state index contributed by atoms with van der Waals surface area (Å²) >= 11 is 0. The van der Waals surface area contributed by atoms with Gasteiger partial charge in [-0.2, -0.15) is 0 Å². The van der Waals surface area contributed by atoms with Crippen LogP contribution in [0.25, 0.3) is 0 Å². The van der Waals surface area contributed by atoms with Crippen LogP contribution in [0.1, 0.15) is 29.8 Å². The number of likely N-dealkylation sites (N-methyl/N-ethyl adjacent to an activating group) is 1. The number of ether oxygens (including phenoxy) is 2. The van der Waals surface area contributed by atoms with E-state index in [0.29, 0.717) is 25.9 Å². The van der Waals surface area contributed by atoms with E-state index < -0.39 is 5.41 Å². The van der Waals surface area contributed by atoms with Crippen molar-refractivity contribution in [3.8, 4) is 5.88 Å². The van der Waals surface area contributed by atoms with Crippen LogP contribution in [0.15, 0.2) is 12.4 Å². The molecule has 1 amide bonds. The summed E-state index contributed by atoms with van der Waals surface area (Å²) in [6.07, 6.45) is 4.85. The van der Waals surface area contributed by atoms with Crippen molar-refractivity contribution in [1.29, 1.82) is 0 Å². The molecule has 1 N–H and O–H groups in total. The number of hydrogen-bond acceptors (Lipinski definition) is 8. The van der Waals surface area contributed by atoms with Crippen molar-refractivity contribution in [2.75, 3.05) is 40.8 Å². The molecule has 1 aromatic rings. The molecule has 2 fully saturated rings. The van der Waals surface area contributed by atoms with Gasteiger partial charge in [0.05, 0.1) is 12.5 Å². The van der Waals surface area contributed by atoms with Gasteiger partial charge in [-0.05, 0) is 26.9 Å². The Morgan fingerprint density at radius 3 is 2.57 bits per heavy atom. The number of esters is 1. The number of likely N-dealkylation sites (tertiary alicyclic amines) is 1. The summed E-state index contributed by atoms with van der Waals surface area (Å²) in [5.74, 6) is -0.112. The first kappa shape index (κ1) is 21.5. The van der Waals surface area contributed by atoms with Crippen LogP contribution in [0, 0.1) is 5.41 Å². The van der Waals surface area contributed by atoms with Gasteiger partial charge in [0.2, 0.25) is 5.88 Å². The highest BCUT2D eigenvalue weighted by Gasteiger charge is 2.51. The molecule has 0 aliphatic carbocycles. The molecular weight excluding hydrogens is 368 g/mol. The standard InChI is InChI=1S/C17H24N4O4.CH2O2/c1-20(2)11-12-10-17(16(23)25-12)4-8-21(9-5-17)15(22)13-14(24-3)19-7-6-18-13;2-1-3/h6-7,12H,4-5,8-11H2,1-3H3;1H,(H,2,3). The highest BCUT2D eigenvalue weighted by Crippen LogP contribution is 2.43. The summed E-state index contributed by atoms with van der Waals surface area (Å²) < 4.78 is 10.7. The molecule has 0 saturated carbocycles. The van der Waals surface area contributed by atoms with Gasteiger partial charge in [0, 0.05) is 38.4 Å². The van der Waals surface area contributed by atoms with Crippen molar-refractivity contribution in [3.63, 3.8) is 0 Å². The second-order valence-corrected chi connectivity index (χ2v) is 7.09. The Labute approximate surface area is 163 Å². The van der Waals surface area contributed by atoms with Gasteiger partial charge in [0.1, 0.15) is 6.10 Å². The number of cyclic esters (lactones) is 1. The first-order chi connectivity index (χ1) is 13.4. The summed E-state index contributed by atoms with van der Waals surface area (Å²) in [5, 5.41) is 6.89. The predicted molar refractivity (Wildman–Crippen MR) is 97.9 cm³/mol. The third-order valence-electron chi connectivity index (χ3n) is 4.96. The zero-order valence-corrected chi connectivity index (χ0v) is 16.3. The number of amides is 1. The number of nitrogens with zero attached hydrogens (tertiary/aromatic N) is 4. The molecule has 28 heavy (non-hydrogen) atoms. The van der Waals surface area contributed by atoms with Crippen LogP contribution < -0.4 is 4.74 Å².